The van der Waals surface area contributed by atoms with Crippen molar-refractivity contribution in [3.8, 4) is 0 Å². The van der Waals surface area contributed by atoms with Crippen molar-refractivity contribution in [2.75, 3.05) is 20.1 Å². The summed E-state index contributed by atoms with van der Waals surface area (Å²) in [4.78, 5) is 29.1. The fourth-order valence-corrected chi connectivity index (χ4v) is 3.92. The number of carbonyl (C=O) groups is 2. The van der Waals surface area contributed by atoms with Gasteiger partial charge >= 0.3 is 13.2 Å². The fraction of sp³-hybridized carbons (Fsp3) is 0.667. The number of hydrogen-bond donors (Lipinski definition) is 0. The molecule has 0 aromatic heterocycles. The van der Waals surface area contributed by atoms with E-state index in [2.05, 4.69) is 0 Å². The zero-order valence-corrected chi connectivity index (χ0v) is 20.9. The first-order valence-electron chi connectivity index (χ1n) is 11.3. The molecule has 0 N–H and O–H groups in total. The van der Waals surface area contributed by atoms with Gasteiger partial charge in [0.25, 0.3) is 5.91 Å². The molecule has 2 saturated heterocycles. The van der Waals surface area contributed by atoms with Gasteiger partial charge < -0.3 is 23.8 Å². The Morgan fingerprint density at radius 1 is 1.16 bits per heavy atom. The Balaban J connectivity index is 1.72. The first kappa shape index (κ1) is 24.6. The van der Waals surface area contributed by atoms with Gasteiger partial charge in [-0.2, -0.15) is 0 Å². The maximum Gasteiger partial charge on any atom is 0.495 e. The molecule has 32 heavy (non-hydrogen) atoms. The Kier molecular flexibility index (Phi) is 6.44. The Morgan fingerprint density at radius 3 is 2.31 bits per heavy atom. The molecule has 2 aliphatic rings. The number of likely N-dealkylation sites (tertiary alicyclic amines) is 1. The van der Waals surface area contributed by atoms with Crippen molar-refractivity contribution in [1.82, 2.24) is 9.80 Å². The van der Waals surface area contributed by atoms with Crippen LogP contribution < -0.4 is 5.46 Å². The molecular formula is C24H37BN2O5. The molecule has 2 fully saturated rings. The lowest BCUT2D eigenvalue weighted by Crippen LogP contribution is -2.42. The van der Waals surface area contributed by atoms with Crippen molar-refractivity contribution in [3.63, 3.8) is 0 Å². The molecule has 0 bridgehead atoms. The molecule has 0 spiro atoms. The molecule has 1 aromatic carbocycles. The third kappa shape index (κ3) is 4.96. The zero-order chi connectivity index (χ0) is 24.1. The van der Waals surface area contributed by atoms with E-state index in [1.807, 2.05) is 73.6 Å². The van der Waals surface area contributed by atoms with Gasteiger partial charge in [-0.05, 0) is 79.4 Å². The highest BCUT2D eigenvalue weighted by Gasteiger charge is 2.52. The number of amides is 2. The van der Waals surface area contributed by atoms with E-state index in [1.165, 1.54) is 0 Å². The predicted molar refractivity (Wildman–Crippen MR) is 125 cm³/mol. The molecule has 0 saturated carbocycles. The minimum Gasteiger partial charge on any atom is -0.444 e. The maximum absolute atomic E-state index is 13.3. The summed E-state index contributed by atoms with van der Waals surface area (Å²) in [5, 5.41) is 0. The van der Waals surface area contributed by atoms with Crippen LogP contribution in [0.1, 0.15) is 70.8 Å². The van der Waals surface area contributed by atoms with Crippen LogP contribution >= 0.6 is 0 Å². The van der Waals surface area contributed by atoms with Gasteiger partial charge in [0.2, 0.25) is 0 Å². The lowest BCUT2D eigenvalue weighted by molar-refractivity contribution is 0.00578. The highest BCUT2D eigenvalue weighted by molar-refractivity contribution is 6.62. The second-order valence-corrected chi connectivity index (χ2v) is 10.9. The van der Waals surface area contributed by atoms with Crippen LogP contribution in [-0.4, -0.2) is 71.9 Å². The zero-order valence-electron chi connectivity index (χ0n) is 20.9. The van der Waals surface area contributed by atoms with Crippen molar-refractivity contribution >= 4 is 24.6 Å². The number of hydrogen-bond acceptors (Lipinski definition) is 5. The molecule has 2 aliphatic heterocycles. The van der Waals surface area contributed by atoms with Gasteiger partial charge in [0.15, 0.2) is 0 Å². The predicted octanol–water partition coefficient (Wildman–Crippen LogP) is 3.38. The van der Waals surface area contributed by atoms with E-state index in [0.29, 0.717) is 18.7 Å². The van der Waals surface area contributed by atoms with Crippen LogP contribution in [0.15, 0.2) is 18.2 Å². The molecular weight excluding hydrogens is 407 g/mol. The van der Waals surface area contributed by atoms with E-state index in [9.17, 15) is 9.59 Å². The number of carbonyl (C=O) groups excluding carboxylic acids is 2. The molecule has 176 valence electrons. The second kappa shape index (κ2) is 8.38. The van der Waals surface area contributed by atoms with Crippen molar-refractivity contribution in [3.05, 3.63) is 29.3 Å². The number of likely N-dealkylation sites (N-methyl/N-ethyl adjacent to an activating group) is 1. The normalized spacial score (nSPS) is 22.2. The summed E-state index contributed by atoms with van der Waals surface area (Å²) >= 11 is 0. The average Bonchev–Trinajstić information content (AvgIpc) is 3.22. The Labute approximate surface area is 192 Å². The lowest BCUT2D eigenvalue weighted by Gasteiger charge is -2.32. The number of aryl methyl sites for hydroxylation is 1. The summed E-state index contributed by atoms with van der Waals surface area (Å²) in [6, 6.07) is 5.58. The minimum absolute atomic E-state index is 0.0587. The lowest BCUT2D eigenvalue weighted by atomic mass is 9.75. The summed E-state index contributed by atoms with van der Waals surface area (Å²) in [5.74, 6) is -0.0844. The van der Waals surface area contributed by atoms with E-state index < -0.39 is 23.9 Å². The monoisotopic (exact) mass is 444 g/mol. The third-order valence-electron chi connectivity index (χ3n) is 6.72. The molecule has 8 heteroatoms. The molecule has 3 rings (SSSR count). The van der Waals surface area contributed by atoms with Crippen LogP contribution in [-0.2, 0) is 14.0 Å². The molecule has 7 nitrogen and oxygen atoms in total. The first-order valence-corrected chi connectivity index (χ1v) is 11.3. The molecule has 1 atom stereocenters. The number of rotatable bonds is 3. The van der Waals surface area contributed by atoms with Crippen LogP contribution in [0.25, 0.3) is 0 Å². The number of benzene rings is 1. The highest BCUT2D eigenvalue weighted by Crippen LogP contribution is 2.36. The van der Waals surface area contributed by atoms with Gasteiger partial charge in [-0.15, -0.1) is 0 Å². The van der Waals surface area contributed by atoms with Crippen molar-refractivity contribution < 1.29 is 23.6 Å². The van der Waals surface area contributed by atoms with Gasteiger partial charge in [-0.1, -0.05) is 11.6 Å². The van der Waals surface area contributed by atoms with Crippen molar-refractivity contribution in [1.29, 1.82) is 0 Å². The quantitative estimate of drug-likeness (QED) is 0.669. The largest absolute Gasteiger partial charge is 0.495 e. The van der Waals surface area contributed by atoms with Gasteiger partial charge in [-0.25, -0.2) is 4.79 Å². The van der Waals surface area contributed by atoms with Crippen molar-refractivity contribution in [2.24, 2.45) is 0 Å². The van der Waals surface area contributed by atoms with E-state index in [4.69, 9.17) is 14.0 Å². The van der Waals surface area contributed by atoms with Gasteiger partial charge in [0.1, 0.15) is 5.60 Å². The van der Waals surface area contributed by atoms with Crippen LogP contribution in [0.2, 0.25) is 0 Å². The number of ether oxygens (including phenoxy) is 1. The standard InChI is InChI=1S/C24H37BN2O5/c1-16-10-11-17(14-19(16)25-31-23(5,6)24(7,8)32-25)20(28)26(9)18-12-13-27(15-18)21(29)30-22(2,3)4/h10-11,14,18H,12-13,15H2,1-9H3. The summed E-state index contributed by atoms with van der Waals surface area (Å²) in [5.41, 5.74) is 1.02. The van der Waals surface area contributed by atoms with Crippen LogP contribution in [0.3, 0.4) is 0 Å². The Bertz CT molecular complexity index is 877. The third-order valence-corrected chi connectivity index (χ3v) is 6.72. The highest BCUT2D eigenvalue weighted by atomic mass is 16.7. The fourth-order valence-electron chi connectivity index (χ4n) is 3.92. The molecule has 1 aromatic rings. The summed E-state index contributed by atoms with van der Waals surface area (Å²) in [6.45, 7) is 16.6. The summed E-state index contributed by atoms with van der Waals surface area (Å²) < 4.78 is 17.9. The van der Waals surface area contributed by atoms with E-state index in [1.54, 1.807) is 16.8 Å². The Hall–Kier alpha value is -2.06. The second-order valence-electron chi connectivity index (χ2n) is 10.9. The van der Waals surface area contributed by atoms with Crippen LogP contribution in [0.5, 0.6) is 0 Å². The molecule has 2 amide bonds. The Morgan fingerprint density at radius 2 is 1.75 bits per heavy atom. The SMILES string of the molecule is Cc1ccc(C(=O)N(C)C2CCN(C(=O)OC(C)(C)C)C2)cc1B1OC(C)(C)C(C)(C)O1. The minimum atomic E-state index is -0.539. The summed E-state index contributed by atoms with van der Waals surface area (Å²) in [7, 11) is 1.27. The first-order chi connectivity index (χ1) is 14.6. The molecule has 0 aliphatic carbocycles. The van der Waals surface area contributed by atoms with Crippen LogP contribution in [0.4, 0.5) is 4.79 Å². The van der Waals surface area contributed by atoms with Crippen LogP contribution in [0, 0.1) is 6.92 Å². The van der Waals surface area contributed by atoms with E-state index in [-0.39, 0.29) is 18.0 Å². The van der Waals surface area contributed by atoms with Gasteiger partial charge in [0, 0.05) is 25.7 Å². The van der Waals surface area contributed by atoms with Crippen molar-refractivity contribution in [2.45, 2.75) is 84.7 Å². The van der Waals surface area contributed by atoms with E-state index >= 15 is 0 Å². The average molecular weight is 444 g/mol. The van der Waals surface area contributed by atoms with Gasteiger partial charge in [0.05, 0.1) is 17.2 Å². The molecule has 0 radical (unpaired) electrons. The number of nitrogens with zero attached hydrogens (tertiary/aromatic N) is 2. The maximum atomic E-state index is 13.3. The smallest absolute Gasteiger partial charge is 0.444 e. The summed E-state index contributed by atoms with van der Waals surface area (Å²) in [6.07, 6.45) is 0.386. The van der Waals surface area contributed by atoms with E-state index in [0.717, 1.165) is 17.4 Å². The molecule has 1 unspecified atom stereocenters. The molecule has 2 heterocycles. The topological polar surface area (TPSA) is 68.3 Å². The van der Waals surface area contributed by atoms with Gasteiger partial charge in [-0.3, -0.25) is 4.79 Å².